The summed E-state index contributed by atoms with van der Waals surface area (Å²) in [6.07, 6.45) is 4.75. The van der Waals surface area contributed by atoms with E-state index in [0.717, 1.165) is 74.1 Å². The molecule has 0 aromatic heterocycles. The third-order valence-corrected chi connectivity index (χ3v) is 12.1. The van der Waals surface area contributed by atoms with Crippen LogP contribution in [0.3, 0.4) is 0 Å². The number of anilines is 2. The Hall–Kier alpha value is -3.73. The first-order valence-electron chi connectivity index (χ1n) is 18.4. The van der Waals surface area contributed by atoms with E-state index in [9.17, 15) is 19.2 Å². The summed E-state index contributed by atoms with van der Waals surface area (Å²) < 4.78 is 5.29. The number of urea groups is 1. The second-order valence-electron chi connectivity index (χ2n) is 15.2. The van der Waals surface area contributed by atoms with Crippen LogP contribution in [0.1, 0.15) is 82.7 Å². The van der Waals surface area contributed by atoms with Gasteiger partial charge in [0.15, 0.2) is 0 Å². The van der Waals surface area contributed by atoms with Gasteiger partial charge in [-0.3, -0.25) is 14.4 Å². The monoisotopic (exact) mass is 703 g/mol. The summed E-state index contributed by atoms with van der Waals surface area (Å²) in [5.41, 5.74) is 4.25. The number of para-hydroxylation sites is 2. The maximum Gasteiger partial charge on any atom is 0.322 e. The highest BCUT2D eigenvalue weighted by Gasteiger charge is 2.44. The molecule has 270 valence electrons. The highest BCUT2D eigenvalue weighted by molar-refractivity contribution is 8.01. The lowest BCUT2D eigenvalue weighted by molar-refractivity contribution is -0.148. The Labute approximate surface area is 301 Å². The van der Waals surface area contributed by atoms with Gasteiger partial charge < -0.3 is 29.7 Å². The Morgan fingerprint density at radius 2 is 1.62 bits per heavy atom. The van der Waals surface area contributed by atoms with Crippen molar-refractivity contribution in [2.45, 2.75) is 89.3 Å². The summed E-state index contributed by atoms with van der Waals surface area (Å²) in [4.78, 5) is 61.6. The highest BCUT2D eigenvalue weighted by Crippen LogP contribution is 2.48. The first-order chi connectivity index (χ1) is 24.0. The zero-order chi connectivity index (χ0) is 35.4. The molecule has 4 heterocycles. The SMILES string of the molecule is CCOC(=O)C1CCN(c2ccccc2C2SC(CC(=O)N3CCC(N4CCc5ccccc5NC4=O)CC3)C(=O)N2CCC(C)(C)C)CC1. The van der Waals surface area contributed by atoms with Crippen LogP contribution in [0.15, 0.2) is 48.5 Å². The molecule has 0 radical (unpaired) electrons. The van der Waals surface area contributed by atoms with Gasteiger partial charge in [0, 0.05) is 68.7 Å². The average Bonchev–Trinajstić information content (AvgIpc) is 3.30. The summed E-state index contributed by atoms with van der Waals surface area (Å²) in [7, 11) is 0. The van der Waals surface area contributed by atoms with Crippen molar-refractivity contribution in [2.24, 2.45) is 11.3 Å². The van der Waals surface area contributed by atoms with E-state index in [0.29, 0.717) is 32.8 Å². The molecule has 4 aliphatic heterocycles. The lowest BCUT2D eigenvalue weighted by atomic mass is 9.92. The maximum absolute atomic E-state index is 14.1. The molecule has 11 heteroatoms. The minimum absolute atomic E-state index is 0.00719. The summed E-state index contributed by atoms with van der Waals surface area (Å²) in [6.45, 7) is 12.7. The molecule has 50 heavy (non-hydrogen) atoms. The fourth-order valence-electron chi connectivity index (χ4n) is 7.70. The molecular formula is C39H53N5O5S. The number of thioether (sulfide) groups is 1. The van der Waals surface area contributed by atoms with Gasteiger partial charge in [-0.15, -0.1) is 11.8 Å². The molecule has 2 aromatic rings. The molecule has 0 spiro atoms. The number of piperidine rings is 2. The number of fused-ring (bicyclic) bond motifs is 1. The van der Waals surface area contributed by atoms with Crippen molar-refractivity contribution in [1.82, 2.24) is 14.7 Å². The molecule has 0 aliphatic carbocycles. The number of nitrogens with zero attached hydrogens (tertiary/aromatic N) is 4. The van der Waals surface area contributed by atoms with Gasteiger partial charge >= 0.3 is 12.0 Å². The van der Waals surface area contributed by atoms with Crippen LogP contribution in [0.4, 0.5) is 16.2 Å². The van der Waals surface area contributed by atoms with Gasteiger partial charge in [-0.1, -0.05) is 57.2 Å². The number of ether oxygens (including phenoxy) is 1. The Kier molecular flexibility index (Phi) is 11.3. The van der Waals surface area contributed by atoms with Gasteiger partial charge in [0.05, 0.1) is 17.8 Å². The number of hydrogen-bond acceptors (Lipinski definition) is 7. The Morgan fingerprint density at radius 1 is 0.920 bits per heavy atom. The molecule has 4 aliphatic rings. The molecule has 3 saturated heterocycles. The number of likely N-dealkylation sites (tertiary alicyclic amines) is 1. The van der Waals surface area contributed by atoms with Crippen LogP contribution < -0.4 is 10.2 Å². The van der Waals surface area contributed by atoms with Crippen LogP contribution >= 0.6 is 11.8 Å². The Morgan fingerprint density at radius 3 is 2.34 bits per heavy atom. The second-order valence-corrected chi connectivity index (χ2v) is 16.5. The third-order valence-electron chi connectivity index (χ3n) is 10.7. The van der Waals surface area contributed by atoms with E-state index in [1.165, 1.54) is 0 Å². The van der Waals surface area contributed by atoms with E-state index in [1.807, 2.05) is 52.0 Å². The number of benzene rings is 2. The fraction of sp³-hybridized carbons (Fsp3) is 0.590. The standard InChI is InChI=1S/C39H53N5O5S/c1-5-49-37(47)28-14-20-41(21-15-28)32-13-9-7-11-30(32)36-44(25-19-39(2,3)4)35(46)33(50-36)26-34(45)42-22-17-29(18-23-42)43-24-16-27-10-6-8-12-31(27)40-38(43)48/h6-13,28-29,33,36H,5,14-26H2,1-4H3,(H,40,48). The first-order valence-corrected chi connectivity index (χ1v) is 19.4. The molecule has 2 atom stereocenters. The Balaban J connectivity index is 1.11. The lowest BCUT2D eigenvalue weighted by Crippen LogP contribution is -2.50. The van der Waals surface area contributed by atoms with Gasteiger partial charge in [0.2, 0.25) is 11.8 Å². The van der Waals surface area contributed by atoms with E-state index in [-0.39, 0.29) is 53.0 Å². The predicted molar refractivity (Wildman–Crippen MR) is 198 cm³/mol. The predicted octanol–water partition coefficient (Wildman–Crippen LogP) is 6.32. The van der Waals surface area contributed by atoms with Crippen molar-refractivity contribution in [3.05, 3.63) is 59.7 Å². The van der Waals surface area contributed by atoms with Crippen molar-refractivity contribution < 1.29 is 23.9 Å². The normalized spacial score (nSPS) is 22.3. The van der Waals surface area contributed by atoms with E-state index < -0.39 is 5.25 Å². The summed E-state index contributed by atoms with van der Waals surface area (Å²) >= 11 is 1.60. The lowest BCUT2D eigenvalue weighted by Gasteiger charge is -2.38. The van der Waals surface area contributed by atoms with Crippen LogP contribution in [0.25, 0.3) is 0 Å². The zero-order valence-electron chi connectivity index (χ0n) is 30.1. The first kappa shape index (κ1) is 36.1. The zero-order valence-corrected chi connectivity index (χ0v) is 30.9. The van der Waals surface area contributed by atoms with Gasteiger partial charge in [0.25, 0.3) is 0 Å². The number of nitrogens with one attached hydrogen (secondary N) is 1. The Bertz CT molecular complexity index is 1550. The molecule has 0 saturated carbocycles. The van der Waals surface area contributed by atoms with Gasteiger partial charge in [0.1, 0.15) is 5.37 Å². The van der Waals surface area contributed by atoms with Crippen molar-refractivity contribution >= 4 is 47.0 Å². The smallest absolute Gasteiger partial charge is 0.322 e. The summed E-state index contributed by atoms with van der Waals surface area (Å²) in [5.74, 6) is -0.152. The fourth-order valence-corrected chi connectivity index (χ4v) is 9.20. The molecule has 2 unspecified atom stereocenters. The molecular weight excluding hydrogens is 651 g/mol. The quantitative estimate of drug-likeness (QED) is 0.305. The van der Waals surface area contributed by atoms with E-state index in [2.05, 4.69) is 49.2 Å². The van der Waals surface area contributed by atoms with E-state index >= 15 is 0 Å². The molecule has 6 rings (SSSR count). The van der Waals surface area contributed by atoms with Crippen LogP contribution in [0, 0.1) is 11.3 Å². The number of amides is 4. The van der Waals surface area contributed by atoms with Crippen LogP contribution in [0.2, 0.25) is 0 Å². The molecule has 0 bridgehead atoms. The number of hydrogen-bond donors (Lipinski definition) is 1. The summed E-state index contributed by atoms with van der Waals surface area (Å²) in [5, 5.41) is 2.42. The van der Waals surface area contributed by atoms with Gasteiger partial charge in [-0.25, -0.2) is 4.79 Å². The van der Waals surface area contributed by atoms with Crippen LogP contribution in [0.5, 0.6) is 0 Å². The third kappa shape index (κ3) is 8.24. The van der Waals surface area contributed by atoms with Gasteiger partial charge in [-0.2, -0.15) is 0 Å². The van der Waals surface area contributed by atoms with Crippen molar-refractivity contribution in [1.29, 1.82) is 0 Å². The average molecular weight is 704 g/mol. The van der Waals surface area contributed by atoms with Crippen molar-refractivity contribution in [2.75, 3.05) is 56.1 Å². The van der Waals surface area contributed by atoms with Crippen LogP contribution in [-0.2, 0) is 25.5 Å². The van der Waals surface area contributed by atoms with Gasteiger partial charge in [-0.05, 0) is 68.6 Å². The number of carbonyl (C=O) groups excluding carboxylic acids is 4. The van der Waals surface area contributed by atoms with Crippen molar-refractivity contribution in [3.63, 3.8) is 0 Å². The minimum atomic E-state index is -0.456. The molecule has 10 nitrogen and oxygen atoms in total. The van der Waals surface area contributed by atoms with Crippen LogP contribution in [-0.4, -0.2) is 95.7 Å². The minimum Gasteiger partial charge on any atom is -0.466 e. The second kappa shape index (κ2) is 15.7. The maximum atomic E-state index is 14.1. The van der Waals surface area contributed by atoms with Crippen molar-refractivity contribution in [3.8, 4) is 0 Å². The van der Waals surface area contributed by atoms with E-state index in [1.54, 1.807) is 11.8 Å². The number of esters is 1. The number of rotatable bonds is 9. The largest absolute Gasteiger partial charge is 0.466 e. The topological polar surface area (TPSA) is 102 Å². The molecule has 2 aromatic carbocycles. The molecule has 4 amide bonds. The van der Waals surface area contributed by atoms with E-state index in [4.69, 9.17) is 4.74 Å². The molecule has 3 fully saturated rings. The number of carbonyl (C=O) groups is 4. The highest BCUT2D eigenvalue weighted by atomic mass is 32.2. The molecule has 1 N–H and O–H groups in total. The summed E-state index contributed by atoms with van der Waals surface area (Å²) in [6, 6.07) is 16.3.